The van der Waals surface area contributed by atoms with E-state index in [0.29, 0.717) is 12.6 Å². The predicted octanol–water partition coefficient (Wildman–Crippen LogP) is 1.92. The van der Waals surface area contributed by atoms with E-state index in [1.165, 1.54) is 11.1 Å². The van der Waals surface area contributed by atoms with Crippen LogP contribution in [0.25, 0.3) is 0 Å². The lowest BCUT2D eigenvalue weighted by Gasteiger charge is -2.16. The molecule has 0 saturated heterocycles. The first-order valence-electron chi connectivity index (χ1n) is 6.25. The van der Waals surface area contributed by atoms with Crippen LogP contribution in [0, 0.1) is 6.92 Å². The van der Waals surface area contributed by atoms with Crippen molar-refractivity contribution in [2.24, 2.45) is 0 Å². The summed E-state index contributed by atoms with van der Waals surface area (Å²) in [7, 11) is 0. The molecule has 1 aliphatic carbocycles. The number of hydrogen-bond acceptors (Lipinski definition) is 2. The van der Waals surface area contributed by atoms with Crippen molar-refractivity contribution in [2.45, 2.75) is 38.8 Å². The molecule has 2 rings (SSSR count). The maximum atomic E-state index is 11.5. The van der Waals surface area contributed by atoms with Crippen LogP contribution in [0.15, 0.2) is 24.3 Å². The number of amides is 1. The molecule has 0 aromatic heterocycles. The third kappa shape index (κ3) is 3.56. The molecule has 1 amide bonds. The zero-order chi connectivity index (χ0) is 12.3. The molecule has 1 fully saturated rings. The van der Waals surface area contributed by atoms with E-state index in [-0.39, 0.29) is 11.9 Å². The van der Waals surface area contributed by atoms with Crippen LogP contribution >= 0.6 is 0 Å². The fourth-order valence-electron chi connectivity index (χ4n) is 1.93. The van der Waals surface area contributed by atoms with Crippen LogP contribution in [0.1, 0.15) is 36.9 Å². The van der Waals surface area contributed by atoms with Gasteiger partial charge in [-0.3, -0.25) is 4.79 Å². The largest absolute Gasteiger partial charge is 0.352 e. The van der Waals surface area contributed by atoms with Gasteiger partial charge in [-0.2, -0.15) is 0 Å². The van der Waals surface area contributed by atoms with Gasteiger partial charge >= 0.3 is 0 Å². The summed E-state index contributed by atoms with van der Waals surface area (Å²) in [5.41, 5.74) is 2.52. The Balaban J connectivity index is 1.82. The topological polar surface area (TPSA) is 41.1 Å². The molecule has 0 heterocycles. The quantitative estimate of drug-likeness (QED) is 0.814. The van der Waals surface area contributed by atoms with Gasteiger partial charge in [0.2, 0.25) is 5.91 Å². The molecule has 0 radical (unpaired) electrons. The van der Waals surface area contributed by atoms with Crippen molar-refractivity contribution in [2.75, 3.05) is 6.54 Å². The van der Waals surface area contributed by atoms with E-state index in [2.05, 4.69) is 36.6 Å². The molecule has 1 aromatic rings. The Hall–Kier alpha value is -1.35. The third-order valence-electron chi connectivity index (χ3n) is 3.17. The molecule has 1 saturated carbocycles. The Morgan fingerprint density at radius 1 is 1.41 bits per heavy atom. The summed E-state index contributed by atoms with van der Waals surface area (Å²) in [6.45, 7) is 4.58. The zero-order valence-electron chi connectivity index (χ0n) is 10.5. The lowest BCUT2D eigenvalue weighted by atomic mass is 10.0. The smallest absolute Gasteiger partial charge is 0.234 e. The van der Waals surface area contributed by atoms with Crippen LogP contribution in [-0.4, -0.2) is 18.5 Å². The molecule has 1 atom stereocenters. The molecular formula is C14H20N2O. The van der Waals surface area contributed by atoms with Crippen LogP contribution in [0.3, 0.4) is 0 Å². The highest BCUT2D eigenvalue weighted by Crippen LogP contribution is 2.18. The molecule has 3 heteroatoms. The highest BCUT2D eigenvalue weighted by atomic mass is 16.2. The summed E-state index contributed by atoms with van der Waals surface area (Å²) in [4.78, 5) is 11.5. The van der Waals surface area contributed by atoms with Gasteiger partial charge in [-0.1, -0.05) is 24.3 Å². The van der Waals surface area contributed by atoms with E-state index in [9.17, 15) is 4.79 Å². The van der Waals surface area contributed by atoms with Gasteiger partial charge in [-0.15, -0.1) is 0 Å². The SMILES string of the molecule is Cc1ccccc1C(C)NCC(=O)NC1CC1. The number of carbonyl (C=O) groups excluding carboxylic acids is 1. The minimum Gasteiger partial charge on any atom is -0.352 e. The summed E-state index contributed by atoms with van der Waals surface area (Å²) >= 11 is 0. The lowest BCUT2D eigenvalue weighted by molar-refractivity contribution is -0.120. The second-order valence-corrected chi connectivity index (χ2v) is 4.80. The highest BCUT2D eigenvalue weighted by molar-refractivity contribution is 5.78. The van der Waals surface area contributed by atoms with Crippen LogP contribution in [0.5, 0.6) is 0 Å². The Morgan fingerprint density at radius 2 is 2.12 bits per heavy atom. The maximum absolute atomic E-state index is 11.5. The second-order valence-electron chi connectivity index (χ2n) is 4.80. The number of nitrogens with one attached hydrogen (secondary N) is 2. The summed E-state index contributed by atoms with van der Waals surface area (Å²) in [6.07, 6.45) is 2.28. The van der Waals surface area contributed by atoms with Crippen LogP contribution < -0.4 is 10.6 Å². The van der Waals surface area contributed by atoms with Gasteiger partial charge in [0.1, 0.15) is 0 Å². The van der Waals surface area contributed by atoms with Gasteiger partial charge in [0.05, 0.1) is 6.54 Å². The molecule has 1 aromatic carbocycles. The van der Waals surface area contributed by atoms with Crippen molar-refractivity contribution in [3.05, 3.63) is 35.4 Å². The van der Waals surface area contributed by atoms with Crippen molar-refractivity contribution >= 4 is 5.91 Å². The fourth-order valence-corrected chi connectivity index (χ4v) is 1.93. The van der Waals surface area contributed by atoms with Gasteiger partial charge in [-0.05, 0) is 37.8 Å². The molecule has 17 heavy (non-hydrogen) atoms. The molecule has 0 spiro atoms. The first-order valence-corrected chi connectivity index (χ1v) is 6.25. The average molecular weight is 232 g/mol. The van der Waals surface area contributed by atoms with Crippen molar-refractivity contribution in [1.82, 2.24) is 10.6 Å². The average Bonchev–Trinajstić information content (AvgIpc) is 3.10. The Bertz CT molecular complexity index is 399. The number of hydrogen-bond donors (Lipinski definition) is 2. The molecule has 1 aliphatic rings. The molecular weight excluding hydrogens is 212 g/mol. The van der Waals surface area contributed by atoms with E-state index in [4.69, 9.17) is 0 Å². The Labute approximate surface area is 103 Å². The van der Waals surface area contributed by atoms with Gasteiger partial charge in [0.25, 0.3) is 0 Å². The lowest BCUT2D eigenvalue weighted by Crippen LogP contribution is -2.36. The number of carbonyl (C=O) groups is 1. The van der Waals surface area contributed by atoms with Gasteiger partial charge in [-0.25, -0.2) is 0 Å². The highest BCUT2D eigenvalue weighted by Gasteiger charge is 2.23. The zero-order valence-corrected chi connectivity index (χ0v) is 10.5. The number of aryl methyl sites for hydroxylation is 1. The maximum Gasteiger partial charge on any atom is 0.234 e. The molecule has 0 aliphatic heterocycles. The van der Waals surface area contributed by atoms with Crippen molar-refractivity contribution < 1.29 is 4.79 Å². The van der Waals surface area contributed by atoms with Crippen molar-refractivity contribution in [3.8, 4) is 0 Å². The van der Waals surface area contributed by atoms with E-state index in [1.807, 2.05) is 12.1 Å². The van der Waals surface area contributed by atoms with Gasteiger partial charge in [0, 0.05) is 12.1 Å². The molecule has 2 N–H and O–H groups in total. The van der Waals surface area contributed by atoms with E-state index < -0.39 is 0 Å². The first kappa shape index (κ1) is 12.1. The predicted molar refractivity (Wildman–Crippen MR) is 68.8 cm³/mol. The summed E-state index contributed by atoms with van der Waals surface area (Å²) in [6, 6.07) is 8.92. The number of rotatable bonds is 5. The normalized spacial score (nSPS) is 16.6. The van der Waals surface area contributed by atoms with Gasteiger partial charge < -0.3 is 10.6 Å². The summed E-state index contributed by atoms with van der Waals surface area (Å²) in [5, 5.41) is 6.23. The molecule has 92 valence electrons. The molecule has 1 unspecified atom stereocenters. The standard InChI is InChI=1S/C14H20N2O/c1-10-5-3-4-6-13(10)11(2)15-9-14(17)16-12-7-8-12/h3-6,11-12,15H,7-9H2,1-2H3,(H,16,17). The van der Waals surface area contributed by atoms with E-state index in [0.717, 1.165) is 12.8 Å². The molecule has 0 bridgehead atoms. The third-order valence-corrected chi connectivity index (χ3v) is 3.17. The van der Waals surface area contributed by atoms with Crippen molar-refractivity contribution in [1.29, 1.82) is 0 Å². The van der Waals surface area contributed by atoms with Crippen LogP contribution in [0.2, 0.25) is 0 Å². The summed E-state index contributed by atoms with van der Waals surface area (Å²) in [5.74, 6) is 0.105. The van der Waals surface area contributed by atoms with Gasteiger partial charge in [0.15, 0.2) is 0 Å². The second kappa shape index (κ2) is 5.32. The number of benzene rings is 1. The van der Waals surface area contributed by atoms with Crippen LogP contribution in [-0.2, 0) is 4.79 Å². The minimum absolute atomic E-state index is 0.105. The summed E-state index contributed by atoms with van der Waals surface area (Å²) < 4.78 is 0. The van der Waals surface area contributed by atoms with E-state index in [1.54, 1.807) is 0 Å². The Morgan fingerprint density at radius 3 is 2.76 bits per heavy atom. The minimum atomic E-state index is 0.105. The van der Waals surface area contributed by atoms with E-state index >= 15 is 0 Å². The monoisotopic (exact) mass is 232 g/mol. The van der Waals surface area contributed by atoms with Crippen molar-refractivity contribution in [3.63, 3.8) is 0 Å². The Kier molecular flexibility index (Phi) is 3.79. The van der Waals surface area contributed by atoms with Crippen LogP contribution in [0.4, 0.5) is 0 Å². The first-order chi connectivity index (χ1) is 8.16. The fraction of sp³-hybridized carbons (Fsp3) is 0.500. The molecule has 3 nitrogen and oxygen atoms in total.